The number of aryl methyl sites for hydroxylation is 1. The number of pyridine rings is 1. The zero-order chi connectivity index (χ0) is 24.1. The third-order valence-corrected chi connectivity index (χ3v) is 6.31. The van der Waals surface area contributed by atoms with Crippen LogP contribution in [0.25, 0.3) is 0 Å². The van der Waals surface area contributed by atoms with Crippen molar-refractivity contribution in [2.45, 2.75) is 45.8 Å². The number of ether oxygens (including phenoxy) is 3. The highest BCUT2D eigenvalue weighted by Gasteiger charge is 2.27. The summed E-state index contributed by atoms with van der Waals surface area (Å²) in [5, 5.41) is 3.07. The maximum absolute atomic E-state index is 12.6. The number of aromatic nitrogens is 2. The molecule has 1 N–H and O–H groups in total. The first-order valence-corrected chi connectivity index (χ1v) is 12.1. The highest BCUT2D eigenvalue weighted by atomic mass is 32.1. The van der Waals surface area contributed by atoms with Gasteiger partial charge in [0.25, 0.3) is 11.1 Å². The molecule has 1 aliphatic rings. The van der Waals surface area contributed by atoms with Crippen LogP contribution in [0.4, 0.5) is 0 Å². The summed E-state index contributed by atoms with van der Waals surface area (Å²) in [4.78, 5) is 33.5. The standard InChI is InChI=1S/C25H27N3O5S/c1-4-31-24(30)22(15(2)3)28-23(29)21-14-27-25(34-21)32-18-8-10-19-16(12-18)7-9-20(33-19)17-6-5-11-26-13-17/h5-6,8,10-15,20,22H,4,7,9H2,1-3H3,(H,28,29). The molecule has 1 aromatic carbocycles. The molecule has 8 nitrogen and oxygen atoms in total. The zero-order valence-corrected chi connectivity index (χ0v) is 20.1. The van der Waals surface area contributed by atoms with E-state index in [9.17, 15) is 9.59 Å². The van der Waals surface area contributed by atoms with E-state index in [1.807, 2.05) is 50.4 Å². The maximum atomic E-state index is 12.6. The lowest BCUT2D eigenvalue weighted by atomic mass is 9.98. The highest BCUT2D eigenvalue weighted by molar-refractivity contribution is 7.15. The lowest BCUT2D eigenvalue weighted by molar-refractivity contribution is -0.146. The molecule has 2 atom stereocenters. The number of hydrogen-bond donors (Lipinski definition) is 1. The number of amides is 1. The van der Waals surface area contributed by atoms with Crippen molar-refractivity contribution in [3.8, 4) is 16.7 Å². The maximum Gasteiger partial charge on any atom is 0.328 e. The summed E-state index contributed by atoms with van der Waals surface area (Å²) < 4.78 is 17.1. The molecule has 2 unspecified atom stereocenters. The fourth-order valence-electron chi connectivity index (χ4n) is 3.68. The Balaban J connectivity index is 1.40. The van der Waals surface area contributed by atoms with Gasteiger partial charge in [-0.15, -0.1) is 0 Å². The van der Waals surface area contributed by atoms with Gasteiger partial charge in [-0.05, 0) is 55.5 Å². The fourth-order valence-corrected chi connectivity index (χ4v) is 4.37. The molecule has 34 heavy (non-hydrogen) atoms. The molecule has 3 heterocycles. The van der Waals surface area contributed by atoms with Crippen LogP contribution in [-0.2, 0) is 16.0 Å². The number of esters is 1. The molecule has 178 valence electrons. The van der Waals surface area contributed by atoms with Crippen molar-refractivity contribution in [2.24, 2.45) is 5.92 Å². The molecule has 0 aliphatic carbocycles. The van der Waals surface area contributed by atoms with Gasteiger partial charge in [-0.25, -0.2) is 9.78 Å². The Morgan fingerprint density at radius 1 is 1.26 bits per heavy atom. The van der Waals surface area contributed by atoms with Gasteiger partial charge in [-0.1, -0.05) is 31.3 Å². The highest BCUT2D eigenvalue weighted by Crippen LogP contribution is 2.37. The summed E-state index contributed by atoms with van der Waals surface area (Å²) >= 11 is 1.11. The minimum Gasteiger partial charge on any atom is -0.485 e. The van der Waals surface area contributed by atoms with Crippen LogP contribution in [0.2, 0.25) is 0 Å². The summed E-state index contributed by atoms with van der Waals surface area (Å²) in [6.45, 7) is 5.69. The summed E-state index contributed by atoms with van der Waals surface area (Å²) in [7, 11) is 0. The molecule has 0 radical (unpaired) electrons. The number of hydrogen-bond acceptors (Lipinski definition) is 8. The van der Waals surface area contributed by atoms with Crippen molar-refractivity contribution in [3.63, 3.8) is 0 Å². The van der Waals surface area contributed by atoms with Crippen LogP contribution in [0.3, 0.4) is 0 Å². The minimum absolute atomic E-state index is 0.0164. The Hall–Kier alpha value is -3.46. The normalized spacial score (nSPS) is 15.7. The Labute approximate surface area is 202 Å². The lowest BCUT2D eigenvalue weighted by Gasteiger charge is -2.26. The smallest absolute Gasteiger partial charge is 0.328 e. The van der Waals surface area contributed by atoms with Gasteiger partial charge in [-0.2, -0.15) is 0 Å². The first kappa shape index (κ1) is 23.7. The molecule has 2 aromatic heterocycles. The van der Waals surface area contributed by atoms with Gasteiger partial charge in [0.15, 0.2) is 0 Å². The first-order chi connectivity index (χ1) is 16.4. The van der Waals surface area contributed by atoms with Crippen LogP contribution in [0.5, 0.6) is 16.7 Å². The Bertz CT molecular complexity index is 1150. The lowest BCUT2D eigenvalue weighted by Crippen LogP contribution is -2.45. The van der Waals surface area contributed by atoms with Crippen molar-refractivity contribution >= 4 is 23.2 Å². The molecule has 9 heteroatoms. The summed E-state index contributed by atoms with van der Waals surface area (Å²) in [6, 6.07) is 8.85. The van der Waals surface area contributed by atoms with Crippen molar-refractivity contribution in [2.75, 3.05) is 6.61 Å². The van der Waals surface area contributed by atoms with Gasteiger partial charge in [-0.3, -0.25) is 9.78 Å². The number of nitrogens with one attached hydrogen (secondary N) is 1. The van der Waals surface area contributed by atoms with E-state index in [0.29, 0.717) is 15.8 Å². The molecule has 0 fully saturated rings. The third-order valence-electron chi connectivity index (χ3n) is 5.44. The molecule has 0 saturated carbocycles. The number of nitrogens with zero attached hydrogens (tertiary/aromatic N) is 2. The molecule has 0 spiro atoms. The predicted molar refractivity (Wildman–Crippen MR) is 127 cm³/mol. The van der Waals surface area contributed by atoms with Crippen LogP contribution in [-0.4, -0.2) is 34.5 Å². The average Bonchev–Trinajstić information content (AvgIpc) is 3.31. The van der Waals surface area contributed by atoms with E-state index in [2.05, 4.69) is 15.3 Å². The van der Waals surface area contributed by atoms with Crippen LogP contribution >= 0.6 is 11.3 Å². The fraction of sp³-hybridized carbons (Fsp3) is 0.360. The Morgan fingerprint density at radius 2 is 2.12 bits per heavy atom. The second kappa shape index (κ2) is 10.6. The number of rotatable bonds is 8. The third kappa shape index (κ3) is 5.53. The molecule has 3 aromatic rings. The molecule has 4 rings (SSSR count). The van der Waals surface area contributed by atoms with Gasteiger partial charge in [0.2, 0.25) is 0 Å². The van der Waals surface area contributed by atoms with E-state index >= 15 is 0 Å². The first-order valence-electron chi connectivity index (χ1n) is 11.2. The predicted octanol–water partition coefficient (Wildman–Crippen LogP) is 4.71. The van der Waals surface area contributed by atoms with Crippen LogP contribution in [0.15, 0.2) is 48.9 Å². The van der Waals surface area contributed by atoms with Crippen LogP contribution < -0.4 is 14.8 Å². The van der Waals surface area contributed by atoms with E-state index in [1.54, 1.807) is 13.1 Å². The summed E-state index contributed by atoms with van der Waals surface area (Å²) in [5.41, 5.74) is 2.12. The van der Waals surface area contributed by atoms with Gasteiger partial charge >= 0.3 is 5.97 Å². The second-order valence-electron chi connectivity index (χ2n) is 8.24. The van der Waals surface area contributed by atoms with Gasteiger partial charge < -0.3 is 19.5 Å². The number of benzene rings is 1. The van der Waals surface area contributed by atoms with Gasteiger partial charge in [0.05, 0.1) is 12.8 Å². The minimum atomic E-state index is -0.727. The van der Waals surface area contributed by atoms with Crippen LogP contribution in [0, 0.1) is 5.92 Å². The molecule has 0 saturated heterocycles. The van der Waals surface area contributed by atoms with E-state index in [1.165, 1.54) is 6.20 Å². The summed E-state index contributed by atoms with van der Waals surface area (Å²) in [6.07, 6.45) is 6.71. The number of carbonyl (C=O) groups excluding carboxylic acids is 2. The quantitative estimate of drug-likeness (QED) is 0.465. The van der Waals surface area contributed by atoms with Crippen molar-refractivity contribution in [1.82, 2.24) is 15.3 Å². The monoisotopic (exact) mass is 481 g/mol. The Kier molecular flexibility index (Phi) is 7.42. The molecule has 1 amide bonds. The van der Waals surface area contributed by atoms with Crippen molar-refractivity contribution in [1.29, 1.82) is 0 Å². The Morgan fingerprint density at radius 3 is 2.85 bits per heavy atom. The molecular weight excluding hydrogens is 454 g/mol. The zero-order valence-electron chi connectivity index (χ0n) is 19.3. The SMILES string of the molecule is CCOC(=O)C(NC(=O)c1cnc(Oc2ccc3c(c2)CCC(c2cccnc2)O3)s1)C(C)C. The van der Waals surface area contributed by atoms with Gasteiger partial charge in [0, 0.05) is 18.0 Å². The molecule has 0 bridgehead atoms. The topological polar surface area (TPSA) is 99.6 Å². The number of fused-ring (bicyclic) bond motifs is 1. The number of thiazole rings is 1. The van der Waals surface area contributed by atoms with E-state index in [-0.39, 0.29) is 24.5 Å². The van der Waals surface area contributed by atoms with E-state index in [0.717, 1.165) is 41.1 Å². The van der Waals surface area contributed by atoms with E-state index in [4.69, 9.17) is 14.2 Å². The summed E-state index contributed by atoms with van der Waals surface area (Å²) in [5.74, 6) is 0.496. The average molecular weight is 482 g/mol. The number of carbonyl (C=O) groups is 2. The second-order valence-corrected chi connectivity index (χ2v) is 9.23. The van der Waals surface area contributed by atoms with Crippen molar-refractivity contribution in [3.05, 3.63) is 64.9 Å². The molecular formula is C25H27N3O5S. The molecule has 1 aliphatic heterocycles. The van der Waals surface area contributed by atoms with Crippen LogP contribution in [0.1, 0.15) is 54.1 Å². The van der Waals surface area contributed by atoms with Crippen molar-refractivity contribution < 1.29 is 23.8 Å². The van der Waals surface area contributed by atoms with Gasteiger partial charge in [0.1, 0.15) is 28.5 Å². The van der Waals surface area contributed by atoms with E-state index < -0.39 is 12.0 Å². The largest absolute Gasteiger partial charge is 0.485 e.